The lowest BCUT2D eigenvalue weighted by atomic mass is 9.93. The van der Waals surface area contributed by atoms with Crippen LogP contribution < -0.4 is 0 Å². The minimum absolute atomic E-state index is 0.871. The Morgan fingerprint density at radius 1 is 0.122 bits per heavy atom. The zero-order valence-electron chi connectivity index (χ0n) is 79.3. The molecule has 9 aromatic heterocycles. The Morgan fingerprint density at radius 2 is 0.333 bits per heavy atom. The molecule has 0 bridgehead atoms. The first-order valence-corrected chi connectivity index (χ1v) is 50.2. The average molecular weight is 1870 g/mol. The summed E-state index contributed by atoms with van der Waals surface area (Å²) in [6, 6.07) is 171. The van der Waals surface area contributed by atoms with Gasteiger partial charge >= 0.3 is 0 Å². The molecule has 678 valence electrons. The van der Waals surface area contributed by atoms with Gasteiger partial charge in [0, 0.05) is 114 Å². The summed E-state index contributed by atoms with van der Waals surface area (Å²) in [5, 5.41) is 29.6. The fourth-order valence-electron chi connectivity index (χ4n) is 24.3. The number of benzene rings is 24. The Labute approximate surface area is 841 Å². The van der Waals surface area contributed by atoms with Gasteiger partial charge in [-0.1, -0.05) is 406 Å². The number of rotatable bonds is 9. The molecule has 9 heterocycles. The van der Waals surface area contributed by atoms with Crippen LogP contribution in [0.2, 0.25) is 0 Å². The number of hydrogen-bond donors (Lipinski definition) is 0. The molecule has 0 unspecified atom stereocenters. The van der Waals surface area contributed by atoms with E-state index in [4.69, 9.17) is 29.9 Å². The minimum Gasteiger partial charge on any atom is -0.308 e. The molecule has 33 rings (SSSR count). The van der Waals surface area contributed by atoms with E-state index in [2.05, 4.69) is 486 Å². The molecule has 9 nitrogen and oxygen atoms in total. The van der Waals surface area contributed by atoms with Crippen LogP contribution in [0.1, 0.15) is 0 Å². The molecule has 0 N–H and O–H groups in total. The Kier molecular flexibility index (Phi) is 18.1. The lowest BCUT2D eigenvalue weighted by Gasteiger charge is -2.12. The maximum Gasteiger partial charge on any atom is 0.0979 e. The van der Waals surface area contributed by atoms with E-state index in [0.717, 1.165) is 105 Å². The zero-order chi connectivity index (χ0) is 96.2. The maximum absolute atomic E-state index is 5.24. The number of fused-ring (bicyclic) bond motifs is 36. The second-order valence-electron chi connectivity index (χ2n) is 38.9. The molecule has 24 aromatic carbocycles. The minimum atomic E-state index is 0.871. The molecule has 0 aliphatic heterocycles. The largest absolute Gasteiger partial charge is 0.308 e. The Hall–Kier alpha value is -19.7. The van der Waals surface area contributed by atoms with Gasteiger partial charge in [-0.3, -0.25) is 15.0 Å². The lowest BCUT2D eigenvalue weighted by molar-refractivity contribution is 1.31. The quantitative estimate of drug-likeness (QED) is 0.134. The molecule has 0 atom stereocenters. The average Bonchev–Trinajstić information content (AvgIpc) is 1.55. The predicted octanol–water partition coefficient (Wildman–Crippen LogP) is 36.3. The molecular weight excluding hydrogens is 1780 g/mol. The van der Waals surface area contributed by atoms with Gasteiger partial charge in [-0.25, -0.2) is 15.0 Å². The van der Waals surface area contributed by atoms with Gasteiger partial charge in [-0.15, -0.1) is 0 Å². The third kappa shape index (κ3) is 12.7. The summed E-state index contributed by atoms with van der Waals surface area (Å²) in [5.74, 6) is 0. The van der Waals surface area contributed by atoms with Gasteiger partial charge in [-0.2, -0.15) is 0 Å². The van der Waals surface area contributed by atoms with E-state index in [0.29, 0.717) is 0 Å². The highest BCUT2D eigenvalue weighted by atomic mass is 14.9. The zero-order valence-corrected chi connectivity index (χ0v) is 79.3. The van der Waals surface area contributed by atoms with Crippen molar-refractivity contribution in [2.45, 2.75) is 0 Å². The van der Waals surface area contributed by atoms with Crippen molar-refractivity contribution in [3.8, 4) is 101 Å². The first kappa shape index (κ1) is 82.0. The van der Waals surface area contributed by atoms with Gasteiger partial charge < -0.3 is 13.2 Å². The Bertz CT molecular complexity index is 11200. The molecule has 0 saturated carbocycles. The second-order valence-corrected chi connectivity index (χ2v) is 38.9. The van der Waals surface area contributed by atoms with Crippen LogP contribution >= 0.6 is 0 Å². The topological polar surface area (TPSA) is 90.6 Å². The normalized spacial score (nSPS) is 12.1. The molecule has 0 aliphatic rings. The third-order valence-electron chi connectivity index (χ3n) is 31.1. The summed E-state index contributed by atoms with van der Waals surface area (Å²) in [4.78, 5) is 30.5. The molecule has 0 aliphatic carbocycles. The van der Waals surface area contributed by atoms with Gasteiger partial charge in [0.1, 0.15) is 0 Å². The number of aromatic nitrogens is 9. The molecule has 0 radical (unpaired) electrons. The molecule has 0 spiro atoms. The van der Waals surface area contributed by atoms with Crippen molar-refractivity contribution < 1.29 is 0 Å². The van der Waals surface area contributed by atoms with Crippen molar-refractivity contribution in [2.75, 3.05) is 0 Å². The van der Waals surface area contributed by atoms with E-state index in [-0.39, 0.29) is 0 Å². The van der Waals surface area contributed by atoms with Gasteiger partial charge in [0.25, 0.3) is 0 Å². The van der Waals surface area contributed by atoms with Crippen molar-refractivity contribution in [3.63, 3.8) is 0 Å². The maximum atomic E-state index is 5.24. The lowest BCUT2D eigenvalue weighted by Crippen LogP contribution is -1.92. The first-order valence-electron chi connectivity index (χ1n) is 50.2. The van der Waals surface area contributed by atoms with E-state index in [1.165, 1.54) is 208 Å². The SMILES string of the molecule is c1cc(-c2cccc(-c3cnc4c5ccccc5c5ccccc5c4n3)c2)cc(-c2ccc3c(c2)c2cccc4c5ccccc5n3c42)c1.c1ccc(-c2ccc3c(c2)c2cccc4c5ccccc5n3c42)c(-c2ccc(-c3cnc4c5ccccc5c5ccccc5c4n3)cc2)c1.c1ccc2c(c1)c1ccccc1c1nc(-c3ccc(-c4ccc(-c5ccc6c(c5)c5cccc7c8ccccc8n6c75)cc4)cc3)cnc21. The van der Waals surface area contributed by atoms with E-state index >= 15 is 0 Å². The molecule has 0 saturated heterocycles. The summed E-state index contributed by atoms with van der Waals surface area (Å²) in [6.45, 7) is 0. The molecule has 0 fully saturated rings. The van der Waals surface area contributed by atoms with Crippen molar-refractivity contribution in [3.05, 3.63) is 492 Å². The molecule has 147 heavy (non-hydrogen) atoms. The van der Waals surface area contributed by atoms with Crippen LogP contribution in [0, 0.1) is 0 Å². The van der Waals surface area contributed by atoms with Crippen molar-refractivity contribution in [2.24, 2.45) is 0 Å². The van der Waals surface area contributed by atoms with Crippen LogP contribution in [0.5, 0.6) is 0 Å². The smallest absolute Gasteiger partial charge is 0.0979 e. The fraction of sp³-hybridized carbons (Fsp3) is 0. The monoisotopic (exact) mass is 1860 g/mol. The van der Waals surface area contributed by atoms with Crippen LogP contribution in [-0.2, 0) is 0 Å². The molecule has 33 aromatic rings. The Balaban J connectivity index is 0.0000000999. The van der Waals surface area contributed by atoms with E-state index < -0.39 is 0 Å². The van der Waals surface area contributed by atoms with Crippen molar-refractivity contribution in [1.29, 1.82) is 0 Å². The standard InChI is InChI=1S/3C46H27N3/c1-3-17-36-33(14-1)34-15-2-4-18-37(34)45-44(36)47-27-41(48-45)32-13-8-12-30(25-32)28-10-7-11-29(24-28)31-22-23-43-40(26-31)39-20-9-19-38-35-16-5-6-21-42(35)49(43)46(38)39;1-3-11-36-33(8-1)34-9-2-4-12-37(34)45-44(36)47-27-41(48-45)31-22-20-29(21-23-31)28-16-18-30(19-17-28)32-24-25-43-40(26-32)39-14-7-13-38-35-10-5-6-15-42(35)49(43)46(38)39;1-2-11-32(30-24-25-43-40(26-30)39-18-9-17-38-35-14-7-8-19-42(35)49(43)46(38)39)31(10-1)28-20-22-29(23-21-28)41-27-47-44-36-15-5-3-12-33(36)34-13-4-6-16-37(34)45(44)48-41/h3*1-27H. The Morgan fingerprint density at radius 3 is 0.687 bits per heavy atom. The van der Waals surface area contributed by atoms with E-state index in [9.17, 15) is 0 Å². The summed E-state index contributed by atoms with van der Waals surface area (Å²) in [5.41, 5.74) is 37.2. The highest BCUT2D eigenvalue weighted by Gasteiger charge is 2.25. The first-order chi connectivity index (χ1) is 72.9. The molecule has 0 amide bonds. The van der Waals surface area contributed by atoms with Crippen LogP contribution in [0.25, 0.3) is 313 Å². The van der Waals surface area contributed by atoms with Crippen LogP contribution in [0.3, 0.4) is 0 Å². The van der Waals surface area contributed by atoms with Gasteiger partial charge in [0.2, 0.25) is 0 Å². The highest BCUT2D eigenvalue weighted by molar-refractivity contribution is 6.30. The summed E-state index contributed by atoms with van der Waals surface area (Å²) >= 11 is 0. The molecule has 9 heteroatoms. The van der Waals surface area contributed by atoms with Crippen LogP contribution in [0.4, 0.5) is 0 Å². The number of para-hydroxylation sites is 6. The second kappa shape index (κ2) is 32.4. The van der Waals surface area contributed by atoms with E-state index in [1.54, 1.807) is 0 Å². The third-order valence-corrected chi connectivity index (χ3v) is 31.1. The fourth-order valence-corrected chi connectivity index (χ4v) is 24.3. The van der Waals surface area contributed by atoms with E-state index in [1.807, 2.05) is 18.6 Å². The van der Waals surface area contributed by atoms with Crippen LogP contribution in [0.15, 0.2) is 492 Å². The summed E-state index contributed by atoms with van der Waals surface area (Å²) in [6.07, 6.45) is 5.74. The molecular formula is C138H81N9. The van der Waals surface area contributed by atoms with Crippen LogP contribution in [-0.4, -0.2) is 43.1 Å². The van der Waals surface area contributed by atoms with Gasteiger partial charge in [-0.05, 0) is 166 Å². The van der Waals surface area contributed by atoms with Crippen molar-refractivity contribution >= 4 is 212 Å². The predicted molar refractivity (Wildman–Crippen MR) is 617 cm³/mol. The summed E-state index contributed by atoms with van der Waals surface area (Å²) < 4.78 is 7.30. The number of nitrogens with zero attached hydrogens (tertiary/aromatic N) is 9. The summed E-state index contributed by atoms with van der Waals surface area (Å²) in [7, 11) is 0. The van der Waals surface area contributed by atoms with Gasteiger partial charge in [0.15, 0.2) is 0 Å². The number of hydrogen-bond acceptors (Lipinski definition) is 6. The van der Waals surface area contributed by atoms with Crippen molar-refractivity contribution in [1.82, 2.24) is 43.1 Å². The highest BCUT2D eigenvalue weighted by Crippen LogP contribution is 2.49. The van der Waals surface area contributed by atoms with Gasteiger partial charge in [0.05, 0.1) is 118 Å².